The summed E-state index contributed by atoms with van der Waals surface area (Å²) in [4.78, 5) is 11.4. The second-order valence-electron chi connectivity index (χ2n) is 5.00. The van der Waals surface area contributed by atoms with Gasteiger partial charge >= 0.3 is 0 Å². The molecular weight excluding hydrogens is 176 g/mol. The summed E-state index contributed by atoms with van der Waals surface area (Å²) in [5.74, 6) is -0.0175. The van der Waals surface area contributed by atoms with E-state index in [1.807, 2.05) is 6.92 Å². The minimum absolute atomic E-state index is 0.0175. The number of hydrogen-bond donors (Lipinski definition) is 2. The Morgan fingerprint density at radius 2 is 2.00 bits per heavy atom. The van der Waals surface area contributed by atoms with E-state index in [4.69, 9.17) is 5.73 Å². The molecule has 0 aliphatic heterocycles. The third kappa shape index (κ3) is 6.89. The lowest BCUT2D eigenvalue weighted by Crippen LogP contribution is -2.41. The van der Waals surface area contributed by atoms with Crippen LogP contribution in [0.1, 0.15) is 47.0 Å². The highest BCUT2D eigenvalue weighted by Gasteiger charge is 2.14. The Kier molecular flexibility index (Phi) is 5.77. The molecule has 3 heteroatoms. The van der Waals surface area contributed by atoms with Crippen molar-refractivity contribution in [3.8, 4) is 0 Å². The van der Waals surface area contributed by atoms with Crippen LogP contribution >= 0.6 is 0 Å². The van der Waals surface area contributed by atoms with E-state index in [0.717, 1.165) is 25.8 Å². The molecule has 0 spiro atoms. The second kappa shape index (κ2) is 6.02. The molecule has 0 heterocycles. The fraction of sp³-hybridized carbons (Fsp3) is 0.909. The zero-order chi connectivity index (χ0) is 11.2. The monoisotopic (exact) mass is 200 g/mol. The predicted molar refractivity (Wildman–Crippen MR) is 60.0 cm³/mol. The zero-order valence-electron chi connectivity index (χ0n) is 9.89. The lowest BCUT2D eigenvalue weighted by molar-refractivity contribution is -0.122. The van der Waals surface area contributed by atoms with Crippen molar-refractivity contribution in [3.63, 3.8) is 0 Å². The van der Waals surface area contributed by atoms with Gasteiger partial charge in [0.05, 0.1) is 6.04 Å². The SMILES string of the molecule is CCC[C@H](N)C(=O)NCCC(C)(C)C. The standard InChI is InChI=1S/C11H24N2O/c1-5-6-9(12)10(14)13-8-7-11(2,3)4/h9H,5-8,12H2,1-4H3,(H,13,14)/t9-/m0/s1. The third-order valence-corrected chi connectivity index (χ3v) is 2.11. The number of nitrogens with one attached hydrogen (secondary N) is 1. The average molecular weight is 200 g/mol. The number of rotatable bonds is 5. The van der Waals surface area contributed by atoms with Crippen LogP contribution in [0.4, 0.5) is 0 Å². The van der Waals surface area contributed by atoms with Crippen LogP contribution in [-0.4, -0.2) is 18.5 Å². The molecule has 0 aromatic rings. The van der Waals surface area contributed by atoms with E-state index in [1.54, 1.807) is 0 Å². The molecule has 0 bridgehead atoms. The number of carbonyl (C=O) groups is 1. The summed E-state index contributed by atoms with van der Waals surface area (Å²) in [7, 11) is 0. The highest BCUT2D eigenvalue weighted by atomic mass is 16.2. The van der Waals surface area contributed by atoms with Crippen LogP contribution in [0, 0.1) is 5.41 Å². The summed E-state index contributed by atoms with van der Waals surface area (Å²) < 4.78 is 0. The van der Waals surface area contributed by atoms with Gasteiger partial charge in [-0.2, -0.15) is 0 Å². The Balaban J connectivity index is 3.64. The van der Waals surface area contributed by atoms with Crippen LogP contribution in [0.3, 0.4) is 0 Å². The van der Waals surface area contributed by atoms with Crippen molar-refractivity contribution in [2.45, 2.75) is 53.0 Å². The van der Waals surface area contributed by atoms with Crippen molar-refractivity contribution in [1.82, 2.24) is 5.32 Å². The van der Waals surface area contributed by atoms with Crippen LogP contribution in [0.5, 0.6) is 0 Å². The van der Waals surface area contributed by atoms with Crippen molar-refractivity contribution in [3.05, 3.63) is 0 Å². The van der Waals surface area contributed by atoms with Gasteiger partial charge in [-0.05, 0) is 18.3 Å². The minimum atomic E-state index is -0.333. The van der Waals surface area contributed by atoms with E-state index >= 15 is 0 Å². The van der Waals surface area contributed by atoms with Gasteiger partial charge in [0.2, 0.25) is 5.91 Å². The molecule has 0 aliphatic rings. The van der Waals surface area contributed by atoms with E-state index in [0.29, 0.717) is 0 Å². The lowest BCUT2D eigenvalue weighted by atomic mass is 9.92. The number of nitrogens with two attached hydrogens (primary N) is 1. The molecule has 0 aromatic heterocycles. The molecule has 0 saturated heterocycles. The zero-order valence-corrected chi connectivity index (χ0v) is 9.89. The number of hydrogen-bond acceptors (Lipinski definition) is 2. The summed E-state index contributed by atoms with van der Waals surface area (Å²) in [6.07, 6.45) is 2.70. The average Bonchev–Trinajstić information content (AvgIpc) is 2.02. The molecule has 84 valence electrons. The van der Waals surface area contributed by atoms with Gasteiger partial charge in [0.15, 0.2) is 0 Å². The normalized spacial score (nSPS) is 13.8. The summed E-state index contributed by atoms with van der Waals surface area (Å²) in [6.45, 7) is 9.23. The maximum Gasteiger partial charge on any atom is 0.236 e. The molecule has 14 heavy (non-hydrogen) atoms. The quantitative estimate of drug-likeness (QED) is 0.709. The van der Waals surface area contributed by atoms with E-state index < -0.39 is 0 Å². The van der Waals surface area contributed by atoms with Gasteiger partial charge < -0.3 is 11.1 Å². The van der Waals surface area contributed by atoms with Gasteiger partial charge in [0, 0.05) is 6.54 Å². The van der Waals surface area contributed by atoms with Crippen LogP contribution in [0.2, 0.25) is 0 Å². The fourth-order valence-corrected chi connectivity index (χ4v) is 1.13. The molecule has 0 rings (SSSR count). The van der Waals surface area contributed by atoms with Gasteiger partial charge in [-0.3, -0.25) is 4.79 Å². The first-order valence-corrected chi connectivity index (χ1v) is 5.40. The Bertz CT molecular complexity index is 173. The molecule has 0 unspecified atom stereocenters. The molecular formula is C11H24N2O. The predicted octanol–water partition coefficient (Wildman–Crippen LogP) is 1.67. The van der Waals surface area contributed by atoms with Crippen molar-refractivity contribution in [2.24, 2.45) is 11.1 Å². The molecule has 0 fully saturated rings. The number of amides is 1. The number of carbonyl (C=O) groups excluding carboxylic acids is 1. The fourth-order valence-electron chi connectivity index (χ4n) is 1.13. The topological polar surface area (TPSA) is 55.1 Å². The Morgan fingerprint density at radius 1 is 1.43 bits per heavy atom. The molecule has 0 aromatic carbocycles. The van der Waals surface area contributed by atoms with Crippen LogP contribution < -0.4 is 11.1 Å². The van der Waals surface area contributed by atoms with Crippen molar-refractivity contribution in [2.75, 3.05) is 6.54 Å². The Labute approximate surface area is 87.4 Å². The summed E-state index contributed by atoms with van der Waals surface area (Å²) in [5, 5.41) is 2.86. The molecule has 1 amide bonds. The molecule has 0 aliphatic carbocycles. The Hall–Kier alpha value is -0.570. The second-order valence-corrected chi connectivity index (χ2v) is 5.00. The van der Waals surface area contributed by atoms with Crippen LogP contribution in [-0.2, 0) is 4.79 Å². The van der Waals surface area contributed by atoms with E-state index in [9.17, 15) is 4.79 Å². The van der Waals surface area contributed by atoms with Gasteiger partial charge in [-0.25, -0.2) is 0 Å². The van der Waals surface area contributed by atoms with Crippen molar-refractivity contribution < 1.29 is 4.79 Å². The first-order valence-electron chi connectivity index (χ1n) is 5.40. The first-order chi connectivity index (χ1) is 6.37. The third-order valence-electron chi connectivity index (χ3n) is 2.11. The minimum Gasteiger partial charge on any atom is -0.355 e. The van der Waals surface area contributed by atoms with Gasteiger partial charge in [0.25, 0.3) is 0 Å². The maximum atomic E-state index is 11.4. The van der Waals surface area contributed by atoms with Crippen molar-refractivity contribution >= 4 is 5.91 Å². The van der Waals surface area contributed by atoms with E-state index in [2.05, 4.69) is 26.1 Å². The van der Waals surface area contributed by atoms with E-state index in [-0.39, 0.29) is 17.4 Å². The summed E-state index contributed by atoms with van der Waals surface area (Å²) in [6, 6.07) is -0.333. The first kappa shape index (κ1) is 13.4. The summed E-state index contributed by atoms with van der Waals surface area (Å²) >= 11 is 0. The maximum absolute atomic E-state index is 11.4. The highest BCUT2D eigenvalue weighted by Crippen LogP contribution is 2.16. The van der Waals surface area contributed by atoms with Gasteiger partial charge in [-0.1, -0.05) is 34.1 Å². The van der Waals surface area contributed by atoms with Crippen molar-refractivity contribution in [1.29, 1.82) is 0 Å². The van der Waals surface area contributed by atoms with Crippen LogP contribution in [0.15, 0.2) is 0 Å². The van der Waals surface area contributed by atoms with E-state index in [1.165, 1.54) is 0 Å². The lowest BCUT2D eigenvalue weighted by Gasteiger charge is -2.19. The molecule has 1 atom stereocenters. The molecule has 3 N–H and O–H groups in total. The van der Waals surface area contributed by atoms with Gasteiger partial charge in [0.1, 0.15) is 0 Å². The summed E-state index contributed by atoms with van der Waals surface area (Å²) in [5.41, 5.74) is 5.93. The highest BCUT2D eigenvalue weighted by molar-refractivity contribution is 5.81. The largest absolute Gasteiger partial charge is 0.355 e. The van der Waals surface area contributed by atoms with Gasteiger partial charge in [-0.15, -0.1) is 0 Å². The molecule has 3 nitrogen and oxygen atoms in total. The Morgan fingerprint density at radius 3 is 2.43 bits per heavy atom. The molecule has 0 radical (unpaired) electrons. The van der Waals surface area contributed by atoms with Crippen LogP contribution in [0.25, 0.3) is 0 Å². The smallest absolute Gasteiger partial charge is 0.236 e. The molecule has 0 saturated carbocycles.